The van der Waals surface area contributed by atoms with Crippen LogP contribution >= 0.6 is 0 Å². The SMILES string of the molecule is CC(C)c1cccc2c1ccc1c2cc(O)c2cccc(O)c21. The quantitative estimate of drug-likeness (QED) is 0.444. The lowest BCUT2D eigenvalue weighted by Gasteiger charge is -2.14. The molecule has 0 saturated carbocycles. The summed E-state index contributed by atoms with van der Waals surface area (Å²) in [6.07, 6.45) is 0. The standard InChI is InChI=1S/C21H18O2/c1-12(2)13-5-3-6-14-15(13)9-10-16-18(14)11-20(23)17-7-4-8-19(22)21(16)17/h3-12,22-23H,1-2H3. The Morgan fingerprint density at radius 2 is 1.35 bits per heavy atom. The zero-order valence-corrected chi connectivity index (χ0v) is 13.2. The van der Waals surface area contributed by atoms with Gasteiger partial charge >= 0.3 is 0 Å². The molecular formula is C21H18O2. The Bertz CT molecular complexity index is 1060. The Hall–Kier alpha value is -2.74. The van der Waals surface area contributed by atoms with E-state index in [0.717, 1.165) is 16.2 Å². The number of rotatable bonds is 1. The minimum absolute atomic E-state index is 0.197. The van der Waals surface area contributed by atoms with E-state index in [-0.39, 0.29) is 11.5 Å². The highest BCUT2D eigenvalue weighted by molar-refractivity contribution is 6.20. The summed E-state index contributed by atoms with van der Waals surface area (Å²) < 4.78 is 0. The second-order valence-electron chi connectivity index (χ2n) is 6.35. The fraction of sp³-hybridized carbons (Fsp3) is 0.143. The van der Waals surface area contributed by atoms with Crippen LogP contribution in [0.2, 0.25) is 0 Å². The predicted octanol–water partition coefficient (Wildman–Crippen LogP) is 5.68. The molecule has 0 saturated heterocycles. The van der Waals surface area contributed by atoms with Crippen molar-refractivity contribution in [3.05, 3.63) is 60.2 Å². The van der Waals surface area contributed by atoms with Gasteiger partial charge in [-0.2, -0.15) is 0 Å². The lowest BCUT2D eigenvalue weighted by molar-refractivity contribution is 0.476. The monoisotopic (exact) mass is 302 g/mol. The van der Waals surface area contributed by atoms with Gasteiger partial charge in [-0.25, -0.2) is 0 Å². The maximum absolute atomic E-state index is 10.4. The topological polar surface area (TPSA) is 40.5 Å². The van der Waals surface area contributed by atoms with Crippen LogP contribution in [-0.4, -0.2) is 10.2 Å². The Balaban J connectivity index is 2.26. The van der Waals surface area contributed by atoms with Gasteiger partial charge in [0.05, 0.1) is 0 Å². The third-order valence-corrected chi connectivity index (χ3v) is 4.63. The third-order valence-electron chi connectivity index (χ3n) is 4.63. The van der Waals surface area contributed by atoms with Crippen LogP contribution in [-0.2, 0) is 0 Å². The van der Waals surface area contributed by atoms with E-state index in [4.69, 9.17) is 0 Å². The van der Waals surface area contributed by atoms with Crippen molar-refractivity contribution in [2.75, 3.05) is 0 Å². The van der Waals surface area contributed by atoms with Gasteiger partial charge in [0.2, 0.25) is 0 Å². The van der Waals surface area contributed by atoms with E-state index in [1.54, 1.807) is 12.1 Å². The fourth-order valence-electron chi connectivity index (χ4n) is 3.53. The van der Waals surface area contributed by atoms with Crippen molar-refractivity contribution in [2.45, 2.75) is 19.8 Å². The van der Waals surface area contributed by atoms with Crippen LogP contribution in [0.4, 0.5) is 0 Å². The van der Waals surface area contributed by atoms with E-state index in [0.29, 0.717) is 16.7 Å². The lowest BCUT2D eigenvalue weighted by Crippen LogP contribution is -1.90. The maximum atomic E-state index is 10.4. The first kappa shape index (κ1) is 13.9. The average molecular weight is 302 g/mol. The highest BCUT2D eigenvalue weighted by atomic mass is 16.3. The zero-order chi connectivity index (χ0) is 16.1. The number of phenols is 2. The molecule has 0 heterocycles. The molecule has 0 amide bonds. The summed E-state index contributed by atoms with van der Waals surface area (Å²) in [5.74, 6) is 0.826. The molecule has 0 bridgehead atoms. The molecule has 23 heavy (non-hydrogen) atoms. The van der Waals surface area contributed by atoms with E-state index >= 15 is 0 Å². The van der Waals surface area contributed by atoms with Gasteiger partial charge in [-0.1, -0.05) is 56.3 Å². The van der Waals surface area contributed by atoms with Gasteiger partial charge in [0, 0.05) is 10.8 Å². The molecule has 0 unspecified atom stereocenters. The molecule has 4 aromatic carbocycles. The van der Waals surface area contributed by atoms with Crippen LogP contribution < -0.4 is 0 Å². The van der Waals surface area contributed by atoms with Crippen molar-refractivity contribution in [3.63, 3.8) is 0 Å². The third kappa shape index (κ3) is 1.95. The number of hydrogen-bond donors (Lipinski definition) is 2. The summed E-state index contributed by atoms with van der Waals surface area (Å²) >= 11 is 0. The second kappa shape index (κ2) is 4.88. The maximum Gasteiger partial charge on any atom is 0.124 e. The Labute approximate surface area is 134 Å². The van der Waals surface area contributed by atoms with Crippen LogP contribution in [0.25, 0.3) is 32.3 Å². The molecule has 2 heteroatoms. The number of aromatic hydroxyl groups is 2. The molecule has 0 spiro atoms. The first-order valence-corrected chi connectivity index (χ1v) is 7.87. The largest absolute Gasteiger partial charge is 0.507 e. The van der Waals surface area contributed by atoms with Crippen molar-refractivity contribution in [2.24, 2.45) is 0 Å². The molecule has 0 aliphatic rings. The van der Waals surface area contributed by atoms with Gasteiger partial charge in [-0.15, -0.1) is 0 Å². The number of benzene rings is 4. The number of hydrogen-bond acceptors (Lipinski definition) is 2. The molecule has 0 atom stereocenters. The average Bonchev–Trinajstić information content (AvgIpc) is 2.54. The van der Waals surface area contributed by atoms with Crippen LogP contribution in [0.1, 0.15) is 25.3 Å². The van der Waals surface area contributed by atoms with Crippen molar-refractivity contribution >= 4 is 32.3 Å². The number of fused-ring (bicyclic) bond motifs is 5. The van der Waals surface area contributed by atoms with E-state index < -0.39 is 0 Å². The molecular weight excluding hydrogens is 284 g/mol. The Kier molecular flexibility index (Phi) is 2.95. The summed E-state index contributed by atoms with van der Waals surface area (Å²) in [7, 11) is 0. The molecule has 4 rings (SSSR count). The molecule has 114 valence electrons. The van der Waals surface area contributed by atoms with Gasteiger partial charge in [-0.05, 0) is 45.2 Å². The minimum atomic E-state index is 0.197. The summed E-state index contributed by atoms with van der Waals surface area (Å²) in [6, 6.07) is 17.5. The van der Waals surface area contributed by atoms with Crippen LogP contribution in [0.5, 0.6) is 11.5 Å². The second-order valence-corrected chi connectivity index (χ2v) is 6.35. The molecule has 2 nitrogen and oxygen atoms in total. The normalized spacial score (nSPS) is 11.8. The van der Waals surface area contributed by atoms with Crippen molar-refractivity contribution in [1.29, 1.82) is 0 Å². The summed E-state index contributed by atoms with van der Waals surface area (Å²) in [5.41, 5.74) is 1.29. The first-order valence-electron chi connectivity index (χ1n) is 7.87. The van der Waals surface area contributed by atoms with Crippen molar-refractivity contribution in [3.8, 4) is 11.5 Å². The van der Waals surface area contributed by atoms with Gasteiger partial charge < -0.3 is 10.2 Å². The van der Waals surface area contributed by atoms with E-state index in [1.807, 2.05) is 18.2 Å². The summed E-state index contributed by atoms with van der Waals surface area (Å²) in [4.78, 5) is 0. The summed E-state index contributed by atoms with van der Waals surface area (Å²) in [6.45, 7) is 4.37. The van der Waals surface area contributed by atoms with Crippen LogP contribution in [0.15, 0.2) is 54.6 Å². The van der Waals surface area contributed by atoms with Gasteiger partial charge in [0.15, 0.2) is 0 Å². The molecule has 0 fully saturated rings. The highest BCUT2D eigenvalue weighted by Gasteiger charge is 2.13. The zero-order valence-electron chi connectivity index (χ0n) is 13.2. The van der Waals surface area contributed by atoms with E-state index in [1.165, 1.54) is 10.9 Å². The van der Waals surface area contributed by atoms with E-state index in [9.17, 15) is 10.2 Å². The Morgan fingerprint density at radius 1 is 0.652 bits per heavy atom. The lowest BCUT2D eigenvalue weighted by atomic mass is 9.91. The van der Waals surface area contributed by atoms with Gasteiger partial charge in [-0.3, -0.25) is 0 Å². The predicted molar refractivity (Wildman–Crippen MR) is 96.4 cm³/mol. The molecule has 0 aromatic heterocycles. The highest BCUT2D eigenvalue weighted by Crippen LogP contribution is 2.41. The number of phenolic OH excluding ortho intramolecular Hbond substituents is 2. The fourth-order valence-corrected chi connectivity index (χ4v) is 3.53. The minimum Gasteiger partial charge on any atom is -0.507 e. The van der Waals surface area contributed by atoms with Crippen molar-refractivity contribution < 1.29 is 10.2 Å². The molecule has 0 radical (unpaired) electrons. The smallest absolute Gasteiger partial charge is 0.124 e. The van der Waals surface area contributed by atoms with Gasteiger partial charge in [0.25, 0.3) is 0 Å². The van der Waals surface area contributed by atoms with Crippen molar-refractivity contribution in [1.82, 2.24) is 0 Å². The van der Waals surface area contributed by atoms with E-state index in [2.05, 4.69) is 38.1 Å². The first-order chi connectivity index (χ1) is 11.1. The summed E-state index contributed by atoms with van der Waals surface area (Å²) in [5, 5.41) is 26.3. The van der Waals surface area contributed by atoms with Crippen LogP contribution in [0, 0.1) is 0 Å². The molecule has 0 aliphatic heterocycles. The van der Waals surface area contributed by atoms with Gasteiger partial charge in [0.1, 0.15) is 11.5 Å². The molecule has 2 N–H and O–H groups in total. The molecule has 4 aromatic rings. The van der Waals surface area contributed by atoms with Crippen LogP contribution in [0.3, 0.4) is 0 Å². The Morgan fingerprint density at radius 3 is 2.13 bits per heavy atom. The molecule has 0 aliphatic carbocycles.